The van der Waals surface area contributed by atoms with E-state index in [4.69, 9.17) is 10.2 Å². The summed E-state index contributed by atoms with van der Waals surface area (Å²) in [6, 6.07) is 0. The molecule has 0 aromatic carbocycles. The third-order valence-corrected chi connectivity index (χ3v) is 5.27. The number of carboxylic acid groups (broad SMARTS) is 2. The molecular formula is C24H44O4. The fourth-order valence-corrected chi connectivity index (χ4v) is 3.55. The van der Waals surface area contributed by atoms with Gasteiger partial charge in [0.25, 0.3) is 0 Å². The minimum Gasteiger partial charge on any atom is -0.481 e. The number of allylic oxidation sites excluding steroid dienone is 1. The van der Waals surface area contributed by atoms with Crippen LogP contribution in [0, 0.1) is 0 Å². The zero-order valence-electron chi connectivity index (χ0n) is 18.0. The van der Waals surface area contributed by atoms with E-state index in [0.29, 0.717) is 6.42 Å². The van der Waals surface area contributed by atoms with Crippen molar-refractivity contribution in [2.24, 2.45) is 0 Å². The van der Waals surface area contributed by atoms with Gasteiger partial charge in [-0.1, -0.05) is 109 Å². The molecule has 0 amide bonds. The van der Waals surface area contributed by atoms with Crippen LogP contribution in [0.2, 0.25) is 0 Å². The molecule has 0 atom stereocenters. The van der Waals surface area contributed by atoms with Crippen molar-refractivity contribution in [3.8, 4) is 0 Å². The molecule has 164 valence electrons. The van der Waals surface area contributed by atoms with Crippen LogP contribution in [0.25, 0.3) is 0 Å². The highest BCUT2D eigenvalue weighted by molar-refractivity contribution is 5.79. The van der Waals surface area contributed by atoms with Gasteiger partial charge in [-0.2, -0.15) is 0 Å². The molecule has 0 aliphatic rings. The molecule has 0 aromatic rings. The molecule has 0 heterocycles. The Labute approximate surface area is 172 Å². The van der Waals surface area contributed by atoms with Crippen LogP contribution in [0.1, 0.15) is 128 Å². The Kier molecular flexibility index (Phi) is 20.9. The Bertz CT molecular complexity index is 390. The van der Waals surface area contributed by atoms with Gasteiger partial charge in [-0.3, -0.25) is 4.79 Å². The summed E-state index contributed by atoms with van der Waals surface area (Å²) in [6.07, 6.45) is 27.1. The highest BCUT2D eigenvalue weighted by Crippen LogP contribution is 2.14. The first-order chi connectivity index (χ1) is 13.6. The second-order valence-electron chi connectivity index (χ2n) is 8.04. The van der Waals surface area contributed by atoms with Crippen LogP contribution < -0.4 is 0 Å². The summed E-state index contributed by atoms with van der Waals surface area (Å²) >= 11 is 0. The Morgan fingerprint density at radius 1 is 0.500 bits per heavy atom. The van der Waals surface area contributed by atoms with E-state index in [0.717, 1.165) is 25.7 Å². The quantitative estimate of drug-likeness (QED) is 0.147. The number of carboxylic acids is 2. The van der Waals surface area contributed by atoms with Gasteiger partial charge < -0.3 is 10.2 Å². The lowest BCUT2D eigenvalue weighted by atomic mass is 10.0. The molecule has 0 saturated heterocycles. The minimum atomic E-state index is -0.846. The van der Waals surface area contributed by atoms with Crippen molar-refractivity contribution >= 4 is 11.9 Å². The van der Waals surface area contributed by atoms with Crippen molar-refractivity contribution in [2.75, 3.05) is 0 Å². The number of hydrogen-bond donors (Lipinski definition) is 2. The predicted octanol–water partition coefficient (Wildman–Crippen LogP) is 7.51. The summed E-state index contributed by atoms with van der Waals surface area (Å²) in [7, 11) is 0. The molecular weight excluding hydrogens is 352 g/mol. The highest BCUT2D eigenvalue weighted by Gasteiger charge is 1.97. The Balaban J connectivity index is 3.05. The third-order valence-electron chi connectivity index (χ3n) is 5.27. The maximum Gasteiger partial charge on any atom is 0.327 e. The number of aliphatic carboxylic acids is 2. The second-order valence-corrected chi connectivity index (χ2v) is 8.04. The van der Waals surface area contributed by atoms with Gasteiger partial charge in [-0.25, -0.2) is 4.79 Å². The lowest BCUT2D eigenvalue weighted by Gasteiger charge is -2.03. The van der Waals surface area contributed by atoms with E-state index in [9.17, 15) is 9.59 Å². The normalized spacial score (nSPS) is 11.3. The molecule has 0 bridgehead atoms. The topological polar surface area (TPSA) is 74.6 Å². The summed E-state index contributed by atoms with van der Waals surface area (Å²) in [6.45, 7) is 0. The molecule has 0 unspecified atom stereocenters. The van der Waals surface area contributed by atoms with Crippen LogP contribution in [0.3, 0.4) is 0 Å². The van der Waals surface area contributed by atoms with Crippen molar-refractivity contribution in [2.45, 2.75) is 128 Å². The zero-order chi connectivity index (χ0) is 20.7. The van der Waals surface area contributed by atoms with Crippen LogP contribution >= 0.6 is 0 Å². The molecule has 0 aromatic heterocycles. The summed E-state index contributed by atoms with van der Waals surface area (Å²) < 4.78 is 0. The van der Waals surface area contributed by atoms with E-state index < -0.39 is 11.9 Å². The lowest BCUT2D eigenvalue weighted by molar-refractivity contribution is -0.137. The van der Waals surface area contributed by atoms with Crippen molar-refractivity contribution in [3.05, 3.63) is 12.2 Å². The monoisotopic (exact) mass is 396 g/mol. The summed E-state index contributed by atoms with van der Waals surface area (Å²) in [5.74, 6) is -1.51. The average Bonchev–Trinajstić information content (AvgIpc) is 2.65. The molecule has 0 spiro atoms. The summed E-state index contributed by atoms with van der Waals surface area (Å²) in [5.41, 5.74) is 0. The molecule has 0 aliphatic carbocycles. The van der Waals surface area contributed by atoms with Gasteiger partial charge in [0.2, 0.25) is 0 Å². The number of rotatable bonds is 22. The molecule has 4 heteroatoms. The maximum atomic E-state index is 10.4. The number of carbonyl (C=O) groups is 2. The molecule has 2 N–H and O–H groups in total. The van der Waals surface area contributed by atoms with Crippen LogP contribution in [0.15, 0.2) is 12.2 Å². The van der Waals surface area contributed by atoms with Gasteiger partial charge in [-0.15, -0.1) is 0 Å². The Morgan fingerprint density at radius 3 is 1.14 bits per heavy atom. The molecule has 0 radical (unpaired) electrons. The van der Waals surface area contributed by atoms with Gasteiger partial charge in [0, 0.05) is 12.5 Å². The number of hydrogen-bond acceptors (Lipinski definition) is 2. The fourth-order valence-electron chi connectivity index (χ4n) is 3.55. The average molecular weight is 397 g/mol. The van der Waals surface area contributed by atoms with Gasteiger partial charge in [0.15, 0.2) is 0 Å². The lowest BCUT2D eigenvalue weighted by Crippen LogP contribution is -1.93. The van der Waals surface area contributed by atoms with Gasteiger partial charge >= 0.3 is 11.9 Å². The summed E-state index contributed by atoms with van der Waals surface area (Å²) in [5, 5.41) is 17.1. The van der Waals surface area contributed by atoms with Crippen LogP contribution in [-0.2, 0) is 9.59 Å². The summed E-state index contributed by atoms with van der Waals surface area (Å²) in [4.78, 5) is 20.7. The molecule has 28 heavy (non-hydrogen) atoms. The van der Waals surface area contributed by atoms with Crippen LogP contribution in [0.5, 0.6) is 0 Å². The van der Waals surface area contributed by atoms with Crippen molar-refractivity contribution in [1.29, 1.82) is 0 Å². The number of unbranched alkanes of at least 4 members (excludes halogenated alkanes) is 18. The maximum absolute atomic E-state index is 10.4. The molecule has 0 rings (SSSR count). The van der Waals surface area contributed by atoms with Crippen molar-refractivity contribution in [3.63, 3.8) is 0 Å². The van der Waals surface area contributed by atoms with E-state index in [1.54, 1.807) is 6.08 Å². The van der Waals surface area contributed by atoms with E-state index >= 15 is 0 Å². The van der Waals surface area contributed by atoms with Gasteiger partial charge in [0.1, 0.15) is 0 Å². The van der Waals surface area contributed by atoms with Crippen LogP contribution in [-0.4, -0.2) is 22.2 Å². The van der Waals surface area contributed by atoms with E-state index in [1.807, 2.05) is 0 Å². The smallest absolute Gasteiger partial charge is 0.327 e. The van der Waals surface area contributed by atoms with Crippen LogP contribution in [0.4, 0.5) is 0 Å². The fraction of sp³-hybridized carbons (Fsp3) is 0.833. The SMILES string of the molecule is O=C(O)C=CCCCCCCCCCCCCCCCCCCCCC(=O)O. The Hall–Kier alpha value is -1.32. The Morgan fingerprint density at radius 2 is 0.821 bits per heavy atom. The third kappa shape index (κ3) is 24.7. The van der Waals surface area contributed by atoms with Crippen molar-refractivity contribution in [1.82, 2.24) is 0 Å². The first kappa shape index (κ1) is 26.7. The van der Waals surface area contributed by atoms with E-state index in [1.165, 1.54) is 102 Å². The van der Waals surface area contributed by atoms with E-state index in [-0.39, 0.29) is 0 Å². The molecule has 0 saturated carbocycles. The standard InChI is InChI=1S/C24H44O4/c25-23(26)21-19-17-15-13-11-9-7-5-3-1-2-4-6-8-10-12-14-16-18-20-22-24(27)28/h19,21H,1-18,20,22H2,(H,25,26)(H,27,28). The second kappa shape index (κ2) is 22.0. The molecule has 0 aliphatic heterocycles. The van der Waals surface area contributed by atoms with Gasteiger partial charge in [-0.05, 0) is 19.3 Å². The predicted molar refractivity (Wildman–Crippen MR) is 117 cm³/mol. The first-order valence-corrected chi connectivity index (χ1v) is 11.7. The zero-order valence-corrected chi connectivity index (χ0v) is 18.0. The highest BCUT2D eigenvalue weighted by atomic mass is 16.4. The van der Waals surface area contributed by atoms with Crippen molar-refractivity contribution < 1.29 is 19.8 Å². The molecule has 4 nitrogen and oxygen atoms in total. The van der Waals surface area contributed by atoms with E-state index in [2.05, 4.69) is 0 Å². The largest absolute Gasteiger partial charge is 0.481 e. The van der Waals surface area contributed by atoms with Gasteiger partial charge in [0.05, 0.1) is 0 Å². The first-order valence-electron chi connectivity index (χ1n) is 11.7. The minimum absolute atomic E-state index is 0.327. The molecule has 0 fully saturated rings.